The molecule has 58 heavy (non-hydrogen) atoms. The summed E-state index contributed by atoms with van der Waals surface area (Å²) in [5.41, 5.74) is -0.974. The average molecular weight is 801 g/mol. The first kappa shape index (κ1) is 37.5. The third kappa shape index (κ3) is 5.22. The van der Waals surface area contributed by atoms with Gasteiger partial charge in [-0.1, -0.05) is 50.3 Å². The van der Waals surface area contributed by atoms with Crippen LogP contribution < -0.4 is 10.1 Å². The Morgan fingerprint density at radius 1 is 0.845 bits per heavy atom. The van der Waals surface area contributed by atoms with Crippen LogP contribution in [-0.4, -0.2) is 58.8 Å². The van der Waals surface area contributed by atoms with Gasteiger partial charge in [0.05, 0.1) is 30.2 Å². The molecule has 7 nitrogen and oxygen atoms in total. The topological polar surface area (TPSA) is 99.1 Å². The summed E-state index contributed by atoms with van der Waals surface area (Å²) in [5.74, 6) is 3.37. The fourth-order valence-corrected chi connectivity index (χ4v) is 17.1. The molecule has 6 bridgehead atoms. The van der Waals surface area contributed by atoms with Crippen LogP contribution in [0.1, 0.15) is 107 Å². The number of aliphatic hydroxyl groups excluding tert-OH is 1. The molecule has 0 saturated heterocycles. The Labute approximate surface area is 347 Å². The third-order valence-electron chi connectivity index (χ3n) is 18.4. The number of nitrogens with zero attached hydrogens (tertiary/aromatic N) is 1. The highest BCUT2D eigenvalue weighted by Crippen LogP contribution is 2.78. The maximum Gasteiger partial charge on any atom is 0.321 e. The van der Waals surface area contributed by atoms with Crippen molar-refractivity contribution in [2.45, 2.75) is 109 Å². The van der Waals surface area contributed by atoms with Gasteiger partial charge in [0.25, 0.3) is 0 Å². The molecule has 1 aromatic heterocycles. The van der Waals surface area contributed by atoms with Crippen molar-refractivity contribution < 1.29 is 24.5 Å². The summed E-state index contributed by atoms with van der Waals surface area (Å²) in [6.45, 7) is 5.71. The number of benzene rings is 2. The van der Waals surface area contributed by atoms with Gasteiger partial charge in [-0.3, -0.25) is 4.79 Å². The lowest BCUT2D eigenvalue weighted by molar-refractivity contribution is -0.176. The molecule has 8 atom stereocenters. The molecule has 10 aliphatic rings. The summed E-state index contributed by atoms with van der Waals surface area (Å²) < 4.78 is 6.52. The second-order valence-electron chi connectivity index (χ2n) is 21.2. The zero-order valence-corrected chi connectivity index (χ0v) is 35.3. The number of carbonyl (C=O) groups is 2. The summed E-state index contributed by atoms with van der Waals surface area (Å²) in [6, 6.07) is 17.7. The number of urea groups is 1. The number of Topliss-reactive ketones (excluding diaryl/α,β-unsaturated/α-hetero) is 1. The lowest BCUT2D eigenvalue weighted by atomic mass is 9.32. The van der Waals surface area contributed by atoms with Crippen LogP contribution in [0.3, 0.4) is 0 Å². The van der Waals surface area contributed by atoms with Gasteiger partial charge < -0.3 is 25.2 Å². The van der Waals surface area contributed by atoms with E-state index < -0.39 is 22.5 Å². The Balaban J connectivity index is 0.972. The molecule has 7 fully saturated rings. The van der Waals surface area contributed by atoms with Crippen LogP contribution in [0.5, 0.6) is 5.75 Å². The predicted octanol–water partition coefficient (Wildman–Crippen LogP) is 10.4. The van der Waals surface area contributed by atoms with E-state index in [2.05, 4.69) is 55.6 Å². The molecule has 7 saturated carbocycles. The number of aliphatic hydroxyl groups is 2. The van der Waals surface area contributed by atoms with Crippen molar-refractivity contribution in [2.75, 3.05) is 25.5 Å². The van der Waals surface area contributed by atoms with Crippen molar-refractivity contribution in [3.8, 4) is 5.75 Å². The number of methoxy groups -OCH3 is 1. The molecule has 306 valence electrons. The second-order valence-corrected chi connectivity index (χ2v) is 22.3. The molecule has 13 rings (SSSR count). The van der Waals surface area contributed by atoms with Crippen molar-refractivity contribution in [1.29, 1.82) is 0 Å². The zero-order valence-electron chi connectivity index (χ0n) is 34.5. The first-order chi connectivity index (χ1) is 27.8. The first-order valence-electron chi connectivity index (χ1n) is 22.4. The number of hydrogen-bond acceptors (Lipinski definition) is 6. The Hall–Kier alpha value is -3.46. The van der Waals surface area contributed by atoms with E-state index in [-0.39, 0.29) is 46.4 Å². The molecule has 3 aromatic rings. The number of fused-ring (bicyclic) bond motifs is 2. The van der Waals surface area contributed by atoms with Gasteiger partial charge in [-0.25, -0.2) is 4.79 Å². The highest BCUT2D eigenvalue weighted by molar-refractivity contribution is 7.21. The molecule has 1 heterocycles. The molecule has 2 spiro atoms. The first-order valence-corrected chi connectivity index (χ1v) is 23.2. The number of amides is 2. The van der Waals surface area contributed by atoms with Crippen LogP contribution in [0.15, 0.2) is 78.4 Å². The molecule has 8 heteroatoms. The molecule has 1 unspecified atom stereocenters. The van der Waals surface area contributed by atoms with Crippen LogP contribution >= 0.6 is 11.3 Å². The normalized spacial score (nSPS) is 42.7. The number of ketones is 1. The maximum atomic E-state index is 15.3. The summed E-state index contributed by atoms with van der Waals surface area (Å²) in [6.07, 6.45) is 19.8. The monoisotopic (exact) mass is 800 g/mol. The molecule has 2 aromatic carbocycles. The van der Waals surface area contributed by atoms with E-state index in [0.717, 1.165) is 81.8 Å². The number of rotatable bonds is 8. The Morgan fingerprint density at radius 3 is 2.22 bits per heavy atom. The van der Waals surface area contributed by atoms with Crippen LogP contribution in [0.25, 0.3) is 10.1 Å². The highest BCUT2D eigenvalue weighted by Gasteiger charge is 2.74. The molecule has 0 radical (unpaired) electrons. The number of thiophene rings is 1. The molecular formula is C50H60N2O5S. The van der Waals surface area contributed by atoms with Gasteiger partial charge >= 0.3 is 6.03 Å². The van der Waals surface area contributed by atoms with Gasteiger partial charge in [0.15, 0.2) is 5.78 Å². The minimum absolute atomic E-state index is 0.0256. The van der Waals surface area contributed by atoms with E-state index in [4.69, 9.17) is 4.74 Å². The maximum absolute atomic E-state index is 15.3. The molecule has 10 aliphatic carbocycles. The summed E-state index contributed by atoms with van der Waals surface area (Å²) in [4.78, 5) is 32.8. The van der Waals surface area contributed by atoms with Crippen LogP contribution in [0, 0.1) is 56.7 Å². The number of ether oxygens (including phenoxy) is 1. The summed E-state index contributed by atoms with van der Waals surface area (Å²) in [5, 5.41) is 29.0. The van der Waals surface area contributed by atoms with Crippen molar-refractivity contribution in [1.82, 2.24) is 4.90 Å². The van der Waals surface area contributed by atoms with Crippen LogP contribution in [0.2, 0.25) is 0 Å². The third-order valence-corrected chi connectivity index (χ3v) is 19.5. The number of anilines is 1. The van der Waals surface area contributed by atoms with Crippen LogP contribution in [-0.2, 0) is 0 Å². The van der Waals surface area contributed by atoms with E-state index in [1.165, 1.54) is 38.5 Å². The minimum Gasteiger partial charge on any atom is -0.497 e. The van der Waals surface area contributed by atoms with E-state index in [1.807, 2.05) is 41.3 Å². The molecular weight excluding hydrogens is 741 g/mol. The Kier molecular flexibility index (Phi) is 8.27. The lowest BCUT2D eigenvalue weighted by Gasteiger charge is -2.71. The number of carbonyl (C=O) groups excluding carboxylic acids is 2. The van der Waals surface area contributed by atoms with E-state index >= 15 is 4.79 Å². The van der Waals surface area contributed by atoms with Gasteiger partial charge in [0.2, 0.25) is 0 Å². The molecule has 2 amide bonds. The predicted molar refractivity (Wildman–Crippen MR) is 229 cm³/mol. The quantitative estimate of drug-likeness (QED) is 0.156. The number of nitrogens with one attached hydrogen (secondary N) is 1. The Morgan fingerprint density at radius 2 is 1.52 bits per heavy atom. The second kappa shape index (κ2) is 12.8. The fourth-order valence-electron chi connectivity index (χ4n) is 16.1. The number of allylic oxidation sites excluding steroid dienone is 4. The van der Waals surface area contributed by atoms with E-state index in [0.29, 0.717) is 19.4 Å². The van der Waals surface area contributed by atoms with E-state index in [9.17, 15) is 15.0 Å². The van der Waals surface area contributed by atoms with Gasteiger partial charge in [0, 0.05) is 38.8 Å². The van der Waals surface area contributed by atoms with E-state index in [1.54, 1.807) is 18.4 Å². The standard InChI is InChI=1S/C50H60N2O5S/c1-45-15-12-36(53)27-48(45)18-19-50(38(28-48)43(54)40-23-34-6-4-5-7-39(34)58-40)41(45)13-16-46(2)42(50)14-17-49(46,56)30-52(44(55)51-35-8-10-37(57-3)11-9-35)29-47-24-31-20-32(25-47)22-33(21-31)26-47/h4-11,18-19,23,28,31-33,36,41-42,53,56H,12-17,20-22,24-27,29-30H2,1-3H3,(H,51,55)/t31?,32?,33?,36?,41-,42-,45-,46+,47?,48+,49-,50-/m1/s1. The number of hydrogen-bond donors (Lipinski definition) is 3. The molecule has 3 N–H and O–H groups in total. The van der Waals surface area contributed by atoms with Crippen molar-refractivity contribution in [3.05, 3.63) is 83.3 Å². The largest absolute Gasteiger partial charge is 0.497 e. The zero-order chi connectivity index (χ0) is 39.9. The highest BCUT2D eigenvalue weighted by atomic mass is 32.1. The summed E-state index contributed by atoms with van der Waals surface area (Å²) >= 11 is 1.58. The van der Waals surface area contributed by atoms with Crippen molar-refractivity contribution >= 4 is 38.9 Å². The lowest BCUT2D eigenvalue weighted by Crippen LogP contribution is -2.67. The minimum atomic E-state index is -1.13. The van der Waals surface area contributed by atoms with Crippen molar-refractivity contribution in [3.63, 3.8) is 0 Å². The molecule has 0 aliphatic heterocycles. The van der Waals surface area contributed by atoms with Crippen LogP contribution in [0.4, 0.5) is 10.5 Å². The van der Waals surface area contributed by atoms with Gasteiger partial charge in [-0.2, -0.15) is 0 Å². The smallest absolute Gasteiger partial charge is 0.321 e. The van der Waals surface area contributed by atoms with Gasteiger partial charge in [-0.05, 0) is 166 Å². The van der Waals surface area contributed by atoms with Crippen molar-refractivity contribution in [2.24, 2.45) is 56.7 Å². The van der Waals surface area contributed by atoms with Gasteiger partial charge in [0.1, 0.15) is 5.75 Å². The fraction of sp³-hybridized carbons (Fsp3) is 0.600. The Bertz CT molecular complexity index is 2180. The SMILES string of the molecule is COc1ccc(NC(=O)N(CC23CC4CC(CC(C4)C2)C3)C[C@]2(O)CC[C@H]3[C@]45C=C[C@@]6(C=C4C(=O)c4cc7ccccc7s4)CC(O)CC[C@]6(C)[C@H]5CC[C@@]32C)cc1. The average Bonchev–Trinajstić information content (AvgIpc) is 3.75. The summed E-state index contributed by atoms with van der Waals surface area (Å²) in [7, 11) is 1.65. The van der Waals surface area contributed by atoms with Gasteiger partial charge in [-0.15, -0.1) is 11.3 Å².